The molecule has 0 fully saturated rings. The van der Waals surface area contributed by atoms with Gasteiger partial charge in [0.1, 0.15) is 0 Å². The van der Waals surface area contributed by atoms with Crippen molar-refractivity contribution in [3.05, 3.63) is 54.6 Å². The predicted molar refractivity (Wildman–Crippen MR) is 80.0 cm³/mol. The van der Waals surface area contributed by atoms with E-state index in [1.165, 1.54) is 21.5 Å². The van der Waals surface area contributed by atoms with Gasteiger partial charge in [-0.15, -0.1) is 0 Å². The molecule has 2 N–H and O–H groups in total. The second-order valence-electron chi connectivity index (χ2n) is 4.93. The third-order valence-electron chi connectivity index (χ3n) is 3.78. The molecule has 0 radical (unpaired) electrons. The molecule has 4 rings (SSSR count). The topological polar surface area (TPSA) is 40.5 Å². The van der Waals surface area contributed by atoms with Gasteiger partial charge in [-0.25, -0.2) is 0 Å². The highest BCUT2D eigenvalue weighted by molar-refractivity contribution is 6.59. The van der Waals surface area contributed by atoms with E-state index in [4.69, 9.17) is 0 Å². The van der Waals surface area contributed by atoms with Crippen LogP contribution >= 0.6 is 0 Å². The van der Waals surface area contributed by atoms with Gasteiger partial charge >= 0.3 is 7.12 Å². The van der Waals surface area contributed by atoms with Crippen molar-refractivity contribution in [1.29, 1.82) is 0 Å². The smallest absolute Gasteiger partial charge is 0.423 e. The van der Waals surface area contributed by atoms with E-state index in [1.807, 2.05) is 24.3 Å². The third kappa shape index (κ3) is 1.46. The maximum absolute atomic E-state index is 9.36. The summed E-state index contributed by atoms with van der Waals surface area (Å²) in [6.07, 6.45) is 0. The van der Waals surface area contributed by atoms with Crippen molar-refractivity contribution in [1.82, 2.24) is 0 Å². The molecule has 2 nitrogen and oxygen atoms in total. The van der Waals surface area contributed by atoms with Gasteiger partial charge < -0.3 is 10.0 Å². The molecule has 90 valence electrons. The average Bonchev–Trinajstić information content (AvgIpc) is 2.44. The second-order valence-corrected chi connectivity index (χ2v) is 4.93. The fourth-order valence-corrected chi connectivity index (χ4v) is 2.93. The van der Waals surface area contributed by atoms with Crippen LogP contribution in [0.5, 0.6) is 0 Å². The minimum Gasteiger partial charge on any atom is -0.423 e. The minimum atomic E-state index is -1.43. The van der Waals surface area contributed by atoms with Crippen molar-refractivity contribution in [3.63, 3.8) is 0 Å². The summed E-state index contributed by atoms with van der Waals surface area (Å²) in [5.41, 5.74) is 0.533. The van der Waals surface area contributed by atoms with Gasteiger partial charge in [0.25, 0.3) is 0 Å². The van der Waals surface area contributed by atoms with Crippen LogP contribution in [0.15, 0.2) is 54.6 Å². The van der Waals surface area contributed by atoms with Gasteiger partial charge in [-0.3, -0.25) is 0 Å². The van der Waals surface area contributed by atoms with Crippen LogP contribution in [-0.4, -0.2) is 17.2 Å². The molecular weight excluding hydrogens is 235 g/mol. The van der Waals surface area contributed by atoms with Crippen LogP contribution in [-0.2, 0) is 0 Å². The van der Waals surface area contributed by atoms with Crippen LogP contribution in [0.25, 0.3) is 32.3 Å². The van der Waals surface area contributed by atoms with E-state index in [-0.39, 0.29) is 0 Å². The van der Waals surface area contributed by atoms with Crippen LogP contribution < -0.4 is 5.46 Å². The Morgan fingerprint density at radius 1 is 0.632 bits per heavy atom. The molecule has 0 aliphatic rings. The Morgan fingerprint density at radius 3 is 1.63 bits per heavy atom. The van der Waals surface area contributed by atoms with Gasteiger partial charge in [-0.1, -0.05) is 54.6 Å². The van der Waals surface area contributed by atoms with Gasteiger partial charge in [0, 0.05) is 0 Å². The van der Waals surface area contributed by atoms with E-state index in [2.05, 4.69) is 30.3 Å². The molecule has 0 atom stereocenters. The summed E-state index contributed by atoms with van der Waals surface area (Å²) in [6.45, 7) is 0. The first-order chi connectivity index (χ1) is 9.24. The first kappa shape index (κ1) is 10.8. The Bertz CT molecular complexity index is 835. The normalized spacial score (nSPS) is 11.7. The van der Waals surface area contributed by atoms with E-state index >= 15 is 0 Å². The summed E-state index contributed by atoms with van der Waals surface area (Å²) in [5.74, 6) is 0. The lowest BCUT2D eigenvalue weighted by Crippen LogP contribution is -2.29. The lowest BCUT2D eigenvalue weighted by atomic mass is 9.78. The predicted octanol–water partition coefficient (Wildman–Crippen LogP) is 2.26. The van der Waals surface area contributed by atoms with Crippen molar-refractivity contribution < 1.29 is 10.0 Å². The van der Waals surface area contributed by atoms with Crippen molar-refractivity contribution in [2.24, 2.45) is 0 Å². The summed E-state index contributed by atoms with van der Waals surface area (Å²) in [7, 11) is -1.43. The Hall–Kier alpha value is -2.10. The summed E-state index contributed by atoms with van der Waals surface area (Å²) in [6, 6.07) is 18.2. The van der Waals surface area contributed by atoms with E-state index in [0.29, 0.717) is 5.46 Å². The van der Waals surface area contributed by atoms with Crippen LogP contribution in [0.4, 0.5) is 0 Å². The summed E-state index contributed by atoms with van der Waals surface area (Å²) in [5, 5.41) is 25.7. The highest BCUT2D eigenvalue weighted by atomic mass is 16.4. The van der Waals surface area contributed by atoms with Gasteiger partial charge in [0.2, 0.25) is 0 Å². The first-order valence-electron chi connectivity index (χ1n) is 6.28. The molecule has 0 saturated carbocycles. The third-order valence-corrected chi connectivity index (χ3v) is 3.78. The minimum absolute atomic E-state index is 0.533. The highest BCUT2D eigenvalue weighted by Gasteiger charge is 2.14. The van der Waals surface area contributed by atoms with Gasteiger partial charge in [0.05, 0.1) is 0 Å². The first-order valence-corrected chi connectivity index (χ1v) is 6.28. The summed E-state index contributed by atoms with van der Waals surface area (Å²) in [4.78, 5) is 0. The zero-order valence-electron chi connectivity index (χ0n) is 10.2. The molecule has 0 unspecified atom stereocenters. The van der Waals surface area contributed by atoms with Gasteiger partial charge in [0.15, 0.2) is 0 Å². The van der Waals surface area contributed by atoms with Crippen LogP contribution in [0.1, 0.15) is 0 Å². The fraction of sp³-hybridized carbons (Fsp3) is 0. The van der Waals surface area contributed by atoms with Crippen molar-refractivity contribution >= 4 is 44.9 Å². The number of rotatable bonds is 1. The SMILES string of the molecule is OB(O)c1cc2ccc3cccc4ccc(c1)c2c34. The quantitative estimate of drug-likeness (QED) is 0.399. The van der Waals surface area contributed by atoms with Crippen molar-refractivity contribution in [2.75, 3.05) is 0 Å². The molecule has 0 bridgehead atoms. The number of hydrogen-bond donors (Lipinski definition) is 2. The Kier molecular flexibility index (Phi) is 2.10. The van der Waals surface area contributed by atoms with Crippen molar-refractivity contribution in [2.45, 2.75) is 0 Å². The molecule has 0 amide bonds. The highest BCUT2D eigenvalue weighted by Crippen LogP contribution is 2.33. The van der Waals surface area contributed by atoms with Crippen molar-refractivity contribution in [3.8, 4) is 0 Å². The van der Waals surface area contributed by atoms with Crippen LogP contribution in [0, 0.1) is 0 Å². The molecule has 4 aromatic carbocycles. The lowest BCUT2D eigenvalue weighted by molar-refractivity contribution is 0.426. The van der Waals surface area contributed by atoms with E-state index in [1.54, 1.807) is 0 Å². The number of hydrogen-bond acceptors (Lipinski definition) is 2. The molecule has 19 heavy (non-hydrogen) atoms. The van der Waals surface area contributed by atoms with Gasteiger partial charge in [-0.2, -0.15) is 0 Å². The molecule has 4 aromatic rings. The monoisotopic (exact) mass is 246 g/mol. The fourth-order valence-electron chi connectivity index (χ4n) is 2.93. The summed E-state index contributed by atoms with van der Waals surface area (Å²) >= 11 is 0. The van der Waals surface area contributed by atoms with E-state index < -0.39 is 7.12 Å². The maximum atomic E-state index is 9.36. The molecule has 0 spiro atoms. The van der Waals surface area contributed by atoms with E-state index in [0.717, 1.165) is 10.8 Å². The second kappa shape index (κ2) is 3.70. The molecule has 0 aliphatic carbocycles. The van der Waals surface area contributed by atoms with Gasteiger partial charge in [-0.05, 0) is 37.8 Å². The maximum Gasteiger partial charge on any atom is 0.488 e. The Morgan fingerprint density at radius 2 is 1.11 bits per heavy atom. The van der Waals surface area contributed by atoms with Crippen LogP contribution in [0.3, 0.4) is 0 Å². The molecule has 0 saturated heterocycles. The molecule has 0 heterocycles. The number of benzene rings is 4. The molecule has 3 heteroatoms. The largest absolute Gasteiger partial charge is 0.488 e. The van der Waals surface area contributed by atoms with Crippen LogP contribution in [0.2, 0.25) is 0 Å². The standard InChI is InChI=1S/C16H11BO2/c18-17(19)14-8-12-6-4-10-2-1-3-11-5-7-13(9-14)16(12)15(10)11/h1-9,18-19H. The molecular formula is C16H11BO2. The Labute approximate surface area is 110 Å². The zero-order valence-corrected chi connectivity index (χ0v) is 10.2. The molecule has 0 aliphatic heterocycles. The average molecular weight is 246 g/mol. The lowest BCUT2D eigenvalue weighted by Gasteiger charge is -2.12. The van der Waals surface area contributed by atoms with E-state index in [9.17, 15) is 10.0 Å². The molecule has 0 aromatic heterocycles. The Balaban J connectivity index is 2.28. The zero-order chi connectivity index (χ0) is 13.0. The summed E-state index contributed by atoms with van der Waals surface area (Å²) < 4.78 is 0.